The highest BCUT2D eigenvalue weighted by Crippen LogP contribution is 2.33. The number of hydrogen-bond donors (Lipinski definition) is 2. The van der Waals surface area contributed by atoms with E-state index in [-0.39, 0.29) is 11.8 Å². The minimum absolute atomic E-state index is 0.0558. The maximum absolute atomic E-state index is 12.7. The number of aromatic nitrogens is 2. The van der Waals surface area contributed by atoms with E-state index in [1.807, 2.05) is 33.8 Å². The maximum atomic E-state index is 12.7. The molecule has 0 saturated carbocycles. The molecule has 1 aliphatic heterocycles. The first-order valence-electron chi connectivity index (χ1n) is 9.04. The molecule has 2 aromatic heterocycles. The summed E-state index contributed by atoms with van der Waals surface area (Å²) in [5.41, 5.74) is 8.63. The third kappa shape index (κ3) is 4.10. The molecule has 27 heavy (non-hydrogen) atoms. The van der Waals surface area contributed by atoms with Gasteiger partial charge in [-0.25, -0.2) is 9.97 Å². The molecule has 0 spiro atoms. The molecule has 0 atom stereocenters. The molecule has 2 amide bonds. The van der Waals surface area contributed by atoms with Crippen LogP contribution in [0.4, 0.5) is 10.9 Å². The summed E-state index contributed by atoms with van der Waals surface area (Å²) < 4.78 is 0. The van der Waals surface area contributed by atoms with E-state index in [0.29, 0.717) is 10.6 Å². The number of thiophene rings is 1. The first-order valence-corrected chi connectivity index (χ1v) is 9.85. The van der Waals surface area contributed by atoms with Crippen molar-refractivity contribution in [1.29, 1.82) is 0 Å². The van der Waals surface area contributed by atoms with Crippen LogP contribution in [0.25, 0.3) is 0 Å². The molecule has 8 heteroatoms. The highest BCUT2D eigenvalue weighted by molar-refractivity contribution is 7.16. The fourth-order valence-corrected chi connectivity index (χ4v) is 4.48. The molecule has 1 aliphatic rings. The zero-order valence-corrected chi connectivity index (χ0v) is 16.9. The summed E-state index contributed by atoms with van der Waals surface area (Å²) in [7, 11) is 0. The summed E-state index contributed by atoms with van der Waals surface area (Å²) in [4.78, 5) is 36.6. The number of rotatable bonds is 4. The maximum Gasteiger partial charge on any atom is 0.251 e. The van der Waals surface area contributed by atoms with E-state index in [0.717, 1.165) is 53.7 Å². The molecule has 7 nitrogen and oxygen atoms in total. The Morgan fingerprint density at radius 3 is 2.30 bits per heavy atom. The van der Waals surface area contributed by atoms with Crippen molar-refractivity contribution in [2.24, 2.45) is 11.7 Å². The number of nitrogens with two attached hydrogens (primary N) is 1. The number of nitrogens with zero attached hydrogens (tertiary/aromatic N) is 3. The molecule has 1 saturated heterocycles. The molecule has 0 aromatic carbocycles. The average Bonchev–Trinajstić information content (AvgIpc) is 2.88. The molecule has 3 rings (SSSR count). The van der Waals surface area contributed by atoms with Gasteiger partial charge < -0.3 is 16.0 Å². The van der Waals surface area contributed by atoms with E-state index in [2.05, 4.69) is 20.2 Å². The van der Waals surface area contributed by atoms with Gasteiger partial charge in [0.15, 0.2) is 0 Å². The number of carbonyl (C=O) groups is 2. The van der Waals surface area contributed by atoms with Crippen LogP contribution in [0.15, 0.2) is 6.07 Å². The molecule has 1 fully saturated rings. The van der Waals surface area contributed by atoms with Crippen LogP contribution in [-0.4, -0.2) is 34.9 Å². The van der Waals surface area contributed by atoms with Gasteiger partial charge in [-0.3, -0.25) is 9.59 Å². The van der Waals surface area contributed by atoms with Crippen LogP contribution in [0, 0.1) is 33.6 Å². The van der Waals surface area contributed by atoms with Crippen LogP contribution in [0.5, 0.6) is 0 Å². The zero-order valence-electron chi connectivity index (χ0n) is 16.1. The number of amides is 2. The third-order valence-corrected chi connectivity index (χ3v) is 6.11. The Bertz CT molecular complexity index is 864. The Kier molecular flexibility index (Phi) is 5.46. The minimum atomic E-state index is -0.506. The van der Waals surface area contributed by atoms with E-state index in [1.165, 1.54) is 11.3 Å². The van der Waals surface area contributed by atoms with Gasteiger partial charge in [0, 0.05) is 35.3 Å². The summed E-state index contributed by atoms with van der Waals surface area (Å²) in [6.45, 7) is 9.14. The smallest absolute Gasteiger partial charge is 0.251 e. The molecule has 0 radical (unpaired) electrons. The van der Waals surface area contributed by atoms with Crippen LogP contribution in [0.3, 0.4) is 0 Å². The Labute approximate surface area is 163 Å². The van der Waals surface area contributed by atoms with Crippen LogP contribution in [0.2, 0.25) is 0 Å². The van der Waals surface area contributed by atoms with Crippen LogP contribution in [0.1, 0.15) is 45.0 Å². The first kappa shape index (κ1) is 19.3. The predicted molar refractivity (Wildman–Crippen MR) is 107 cm³/mol. The fraction of sp³-hybridized carbons (Fsp3) is 0.474. The number of hydrogen-bond acceptors (Lipinski definition) is 6. The number of nitrogens with one attached hydrogen (secondary N) is 1. The van der Waals surface area contributed by atoms with E-state index >= 15 is 0 Å². The van der Waals surface area contributed by atoms with Gasteiger partial charge in [-0.05, 0) is 52.2 Å². The lowest BCUT2D eigenvalue weighted by Crippen LogP contribution is -2.39. The molecule has 0 bridgehead atoms. The van der Waals surface area contributed by atoms with Crippen molar-refractivity contribution >= 4 is 34.1 Å². The van der Waals surface area contributed by atoms with Crippen LogP contribution in [-0.2, 0) is 4.79 Å². The summed E-state index contributed by atoms with van der Waals surface area (Å²) in [6, 6.07) is 1.95. The summed E-state index contributed by atoms with van der Waals surface area (Å²) >= 11 is 1.40. The Morgan fingerprint density at radius 1 is 1.15 bits per heavy atom. The van der Waals surface area contributed by atoms with E-state index in [1.54, 1.807) is 0 Å². The quantitative estimate of drug-likeness (QED) is 0.840. The fourth-order valence-electron chi connectivity index (χ4n) is 3.42. The molecule has 144 valence electrons. The Hall–Kier alpha value is -2.48. The normalized spacial score (nSPS) is 15.0. The highest BCUT2D eigenvalue weighted by atomic mass is 32.1. The highest BCUT2D eigenvalue weighted by Gasteiger charge is 2.28. The Morgan fingerprint density at radius 2 is 1.74 bits per heavy atom. The summed E-state index contributed by atoms with van der Waals surface area (Å²) in [5, 5.41) is 3.48. The Balaban J connectivity index is 1.65. The second-order valence-corrected chi connectivity index (χ2v) is 8.28. The van der Waals surface area contributed by atoms with E-state index < -0.39 is 5.91 Å². The standard InChI is InChI=1S/C19H25N5O2S/c1-10-9-11(2)22-19(21-10)24-7-5-14(6-8-24)17(26)23-18-15(16(20)25)12(3)13(4)27-18/h9,14H,5-8H2,1-4H3,(H2,20,25)(H,23,26). The van der Waals surface area contributed by atoms with E-state index in [4.69, 9.17) is 5.73 Å². The van der Waals surface area contributed by atoms with Gasteiger partial charge in [0.1, 0.15) is 5.00 Å². The van der Waals surface area contributed by atoms with Gasteiger partial charge in [0.25, 0.3) is 5.91 Å². The second kappa shape index (κ2) is 7.64. The minimum Gasteiger partial charge on any atom is -0.365 e. The van der Waals surface area contributed by atoms with E-state index in [9.17, 15) is 9.59 Å². The largest absolute Gasteiger partial charge is 0.365 e. The molecule has 2 aromatic rings. The van der Waals surface area contributed by atoms with Crippen molar-refractivity contribution < 1.29 is 9.59 Å². The van der Waals surface area contributed by atoms with Crippen LogP contribution < -0.4 is 16.0 Å². The summed E-state index contributed by atoms with van der Waals surface area (Å²) in [6.07, 6.45) is 1.44. The predicted octanol–water partition coefficient (Wildman–Crippen LogP) is 2.73. The SMILES string of the molecule is Cc1cc(C)nc(N2CCC(C(=O)Nc3sc(C)c(C)c3C(N)=O)CC2)n1. The molecule has 3 N–H and O–H groups in total. The van der Waals surface area contributed by atoms with Crippen molar-refractivity contribution in [3.8, 4) is 0 Å². The number of anilines is 2. The monoisotopic (exact) mass is 387 g/mol. The second-order valence-electron chi connectivity index (χ2n) is 7.05. The van der Waals surface area contributed by atoms with Crippen LogP contribution >= 0.6 is 11.3 Å². The number of carbonyl (C=O) groups excluding carboxylic acids is 2. The lowest BCUT2D eigenvalue weighted by atomic mass is 9.96. The van der Waals surface area contributed by atoms with Gasteiger partial charge in [0.05, 0.1) is 5.56 Å². The number of piperidine rings is 1. The van der Waals surface area contributed by atoms with Crippen molar-refractivity contribution in [2.75, 3.05) is 23.3 Å². The number of primary amides is 1. The van der Waals surface area contributed by atoms with Gasteiger partial charge in [0.2, 0.25) is 11.9 Å². The third-order valence-electron chi connectivity index (χ3n) is 4.99. The van der Waals surface area contributed by atoms with Gasteiger partial charge >= 0.3 is 0 Å². The topological polar surface area (TPSA) is 101 Å². The lowest BCUT2D eigenvalue weighted by molar-refractivity contribution is -0.120. The van der Waals surface area contributed by atoms with Gasteiger partial charge in [-0.1, -0.05) is 0 Å². The first-order chi connectivity index (χ1) is 12.8. The molecule has 3 heterocycles. The van der Waals surface area contributed by atoms with Gasteiger partial charge in [-0.15, -0.1) is 11.3 Å². The molecular weight excluding hydrogens is 362 g/mol. The average molecular weight is 388 g/mol. The van der Waals surface area contributed by atoms with Crippen molar-refractivity contribution in [2.45, 2.75) is 40.5 Å². The summed E-state index contributed by atoms with van der Waals surface area (Å²) in [5.74, 6) is 0.0659. The zero-order chi connectivity index (χ0) is 19.7. The van der Waals surface area contributed by atoms with Gasteiger partial charge in [-0.2, -0.15) is 0 Å². The van der Waals surface area contributed by atoms with Crippen molar-refractivity contribution in [3.63, 3.8) is 0 Å². The molecule has 0 aliphatic carbocycles. The van der Waals surface area contributed by atoms with Crippen molar-refractivity contribution in [1.82, 2.24) is 9.97 Å². The molecular formula is C19H25N5O2S. The molecule has 0 unspecified atom stereocenters. The lowest BCUT2D eigenvalue weighted by Gasteiger charge is -2.31. The number of aryl methyl sites for hydroxylation is 3. The van der Waals surface area contributed by atoms with Crippen molar-refractivity contribution in [3.05, 3.63) is 33.5 Å².